The number of para-hydroxylation sites is 1. The quantitative estimate of drug-likeness (QED) is 0.465. The van der Waals surface area contributed by atoms with Gasteiger partial charge in [-0.2, -0.15) is 0 Å². The zero-order valence-electron chi connectivity index (χ0n) is 15.4. The largest absolute Gasteiger partial charge is 0.490 e. The minimum atomic E-state index is -1.50. The van der Waals surface area contributed by atoms with Gasteiger partial charge >= 0.3 is 0 Å². The van der Waals surface area contributed by atoms with Crippen molar-refractivity contribution < 1.29 is 19.9 Å². The summed E-state index contributed by atoms with van der Waals surface area (Å²) < 4.78 is 7.82. The molecule has 11 heteroatoms. The lowest BCUT2D eigenvalue weighted by Crippen LogP contribution is -2.30. The Labute approximate surface area is 181 Å². The minimum absolute atomic E-state index is 0.110. The fraction of sp³-hybridized carbons (Fsp3) is 0.158. The van der Waals surface area contributed by atoms with Gasteiger partial charge in [-0.15, -0.1) is 10.1 Å². The van der Waals surface area contributed by atoms with Crippen LogP contribution in [-0.4, -0.2) is 32.2 Å². The van der Waals surface area contributed by atoms with E-state index in [0.717, 1.165) is 22.6 Å². The summed E-state index contributed by atoms with van der Waals surface area (Å²) in [5.41, 5.74) is 2.60. The molecular weight excluding hydrogens is 435 g/mol. The smallest absolute Gasteiger partial charge is 0.291 e. The number of oxime groups is 1. The normalized spacial score (nSPS) is 16.1. The second-order valence-electron chi connectivity index (χ2n) is 6.07. The van der Waals surface area contributed by atoms with Crippen molar-refractivity contribution in [3.05, 3.63) is 92.5 Å². The molecule has 0 radical (unpaired) electrons. The van der Waals surface area contributed by atoms with Gasteiger partial charge in [0.2, 0.25) is 0 Å². The molecule has 1 aliphatic rings. The Hall–Kier alpha value is -3.30. The first-order chi connectivity index (χ1) is 14.5. The third kappa shape index (κ3) is 5.40. The van der Waals surface area contributed by atoms with Crippen molar-refractivity contribution in [2.24, 2.45) is 5.16 Å². The highest BCUT2D eigenvalue weighted by Gasteiger charge is 2.28. The first-order valence-electron chi connectivity index (χ1n) is 8.62. The number of ether oxygens (including phenoxy) is 1. The number of benzene rings is 2. The van der Waals surface area contributed by atoms with Crippen LogP contribution in [0.25, 0.3) is 0 Å². The lowest BCUT2D eigenvalue weighted by atomic mass is 10.00. The molecule has 1 atom stereocenters. The number of fused-ring (bicyclic) bond motifs is 1. The lowest BCUT2D eigenvalue weighted by molar-refractivity contribution is -0.742. The Kier molecular flexibility index (Phi) is 7.10. The van der Waals surface area contributed by atoms with Crippen molar-refractivity contribution in [2.75, 3.05) is 6.61 Å². The van der Waals surface area contributed by atoms with Crippen LogP contribution in [0, 0.1) is 10.1 Å². The van der Waals surface area contributed by atoms with E-state index in [9.17, 15) is 0 Å². The molecule has 9 nitrogen and oxygen atoms in total. The topological polar surface area (TPSA) is 112 Å². The van der Waals surface area contributed by atoms with E-state index in [1.807, 2.05) is 41.1 Å². The van der Waals surface area contributed by atoms with Gasteiger partial charge in [-0.05, 0) is 29.8 Å². The molecule has 1 aromatic heterocycles. The van der Waals surface area contributed by atoms with Crippen LogP contribution < -0.4 is 4.74 Å². The average Bonchev–Trinajstić information content (AvgIpc) is 3.25. The van der Waals surface area contributed by atoms with Crippen molar-refractivity contribution in [3.63, 3.8) is 0 Å². The molecule has 0 saturated carbocycles. The van der Waals surface area contributed by atoms with Gasteiger partial charge in [0.1, 0.15) is 30.7 Å². The van der Waals surface area contributed by atoms with Gasteiger partial charge in [-0.25, -0.2) is 4.98 Å². The van der Waals surface area contributed by atoms with Gasteiger partial charge in [0, 0.05) is 18.0 Å². The lowest BCUT2D eigenvalue weighted by Gasteiger charge is -2.27. The van der Waals surface area contributed by atoms with E-state index >= 15 is 0 Å². The molecule has 1 N–H and O–H groups in total. The number of hydrogen-bond donors (Lipinski definition) is 1. The SMILES string of the molecule is Clc1ccc(CO/N=C2\c3ccccc3OCC2n2ccnc2)cc1Cl.O=[N+]([O-])O. The van der Waals surface area contributed by atoms with Crippen LogP contribution in [0.4, 0.5) is 0 Å². The first-order valence-corrected chi connectivity index (χ1v) is 9.38. The highest BCUT2D eigenvalue weighted by molar-refractivity contribution is 6.42. The summed E-state index contributed by atoms with van der Waals surface area (Å²) in [7, 11) is 0. The fourth-order valence-corrected chi connectivity index (χ4v) is 3.15. The molecule has 4 rings (SSSR count). The molecule has 0 amide bonds. The molecule has 3 aromatic rings. The third-order valence-electron chi connectivity index (χ3n) is 4.14. The Morgan fingerprint density at radius 3 is 2.77 bits per heavy atom. The molecule has 2 heterocycles. The summed E-state index contributed by atoms with van der Waals surface area (Å²) in [5.74, 6) is 0.792. The molecule has 1 aliphatic heterocycles. The van der Waals surface area contributed by atoms with E-state index in [4.69, 9.17) is 48.1 Å². The Morgan fingerprint density at radius 2 is 2.07 bits per heavy atom. The maximum absolute atomic E-state index is 8.36. The van der Waals surface area contributed by atoms with Crippen molar-refractivity contribution in [1.82, 2.24) is 9.55 Å². The number of hydrogen-bond acceptors (Lipinski definition) is 6. The number of rotatable bonds is 4. The van der Waals surface area contributed by atoms with Crippen molar-refractivity contribution >= 4 is 28.9 Å². The van der Waals surface area contributed by atoms with Crippen LogP contribution in [0.3, 0.4) is 0 Å². The van der Waals surface area contributed by atoms with Crippen molar-refractivity contribution in [1.29, 1.82) is 0 Å². The van der Waals surface area contributed by atoms with E-state index in [-0.39, 0.29) is 6.04 Å². The summed E-state index contributed by atoms with van der Waals surface area (Å²) in [6, 6.07) is 13.1. The number of imidazole rings is 1. The van der Waals surface area contributed by atoms with Crippen molar-refractivity contribution in [2.45, 2.75) is 12.6 Å². The zero-order valence-corrected chi connectivity index (χ0v) is 16.9. The van der Waals surface area contributed by atoms with Gasteiger partial charge in [0.25, 0.3) is 5.09 Å². The van der Waals surface area contributed by atoms with E-state index in [1.165, 1.54) is 0 Å². The Bertz CT molecular complexity index is 1040. The first kappa shape index (κ1) is 21.4. The van der Waals surface area contributed by atoms with E-state index < -0.39 is 5.09 Å². The van der Waals surface area contributed by atoms with Crippen LogP contribution in [-0.2, 0) is 11.4 Å². The monoisotopic (exact) mass is 450 g/mol. The molecule has 0 bridgehead atoms. The Morgan fingerprint density at radius 1 is 1.30 bits per heavy atom. The molecule has 30 heavy (non-hydrogen) atoms. The second-order valence-corrected chi connectivity index (χ2v) is 6.88. The molecule has 2 aromatic carbocycles. The maximum atomic E-state index is 8.36. The summed E-state index contributed by atoms with van der Waals surface area (Å²) >= 11 is 12.0. The van der Waals surface area contributed by atoms with Gasteiger partial charge < -0.3 is 19.3 Å². The standard InChI is InChI=1S/C19H15Cl2N3O2.HNO3/c20-15-6-5-13(9-16(15)21)10-26-23-19-14-3-1-2-4-18(14)25-11-17(19)24-8-7-22-12-24;2-1(3)4/h1-9,12,17H,10-11H2;(H,2,3,4)/b23-19+;. The summed E-state index contributed by atoms with van der Waals surface area (Å²) in [6.07, 6.45) is 5.36. The van der Waals surface area contributed by atoms with E-state index in [1.54, 1.807) is 24.7 Å². The van der Waals surface area contributed by atoms with E-state index in [2.05, 4.69) is 10.1 Å². The second kappa shape index (κ2) is 9.95. The summed E-state index contributed by atoms with van der Waals surface area (Å²) in [6.45, 7) is 0.752. The fourth-order valence-electron chi connectivity index (χ4n) is 2.83. The third-order valence-corrected chi connectivity index (χ3v) is 4.88. The van der Waals surface area contributed by atoms with Crippen molar-refractivity contribution in [3.8, 4) is 5.75 Å². The molecular formula is C19H16Cl2N4O5. The maximum Gasteiger partial charge on any atom is 0.291 e. The Balaban J connectivity index is 0.000000589. The van der Waals surface area contributed by atoms with Crippen LogP contribution >= 0.6 is 23.2 Å². The van der Waals surface area contributed by atoms with Gasteiger partial charge in [0.05, 0.1) is 16.4 Å². The highest BCUT2D eigenvalue weighted by atomic mass is 35.5. The number of aromatic nitrogens is 2. The minimum Gasteiger partial charge on any atom is -0.490 e. The van der Waals surface area contributed by atoms with Crippen LogP contribution in [0.15, 0.2) is 66.3 Å². The zero-order chi connectivity index (χ0) is 21.5. The van der Waals surface area contributed by atoms with Gasteiger partial charge in [0.15, 0.2) is 0 Å². The summed E-state index contributed by atoms with van der Waals surface area (Å²) in [4.78, 5) is 18.1. The average molecular weight is 451 g/mol. The predicted molar refractivity (Wildman–Crippen MR) is 110 cm³/mol. The van der Waals surface area contributed by atoms with Gasteiger partial charge in [-0.1, -0.05) is 46.6 Å². The molecule has 0 spiro atoms. The van der Waals surface area contributed by atoms with E-state index in [0.29, 0.717) is 23.3 Å². The molecule has 1 unspecified atom stereocenters. The number of nitrogens with zero attached hydrogens (tertiary/aromatic N) is 4. The van der Waals surface area contributed by atoms with Crippen LogP contribution in [0.2, 0.25) is 10.0 Å². The molecule has 156 valence electrons. The molecule has 0 aliphatic carbocycles. The highest BCUT2D eigenvalue weighted by Crippen LogP contribution is 2.30. The van der Waals surface area contributed by atoms with Crippen LogP contribution in [0.1, 0.15) is 17.2 Å². The summed E-state index contributed by atoms with van der Waals surface area (Å²) in [5, 5.41) is 19.1. The molecule has 0 saturated heterocycles. The van der Waals surface area contributed by atoms with Crippen LogP contribution in [0.5, 0.6) is 5.75 Å². The predicted octanol–water partition coefficient (Wildman–Crippen LogP) is 4.40. The van der Waals surface area contributed by atoms with Gasteiger partial charge in [-0.3, -0.25) is 0 Å². The molecule has 0 fully saturated rings. The number of halogens is 2.